The highest BCUT2D eigenvalue weighted by molar-refractivity contribution is 5.79. The van der Waals surface area contributed by atoms with E-state index in [-0.39, 0.29) is 18.1 Å². The molecule has 2 N–H and O–H groups in total. The second kappa shape index (κ2) is 8.37. The molecule has 0 radical (unpaired) electrons. The van der Waals surface area contributed by atoms with E-state index in [9.17, 15) is 9.90 Å². The molecular weight excluding hydrogens is 324 g/mol. The van der Waals surface area contributed by atoms with Crippen molar-refractivity contribution >= 4 is 11.6 Å². The van der Waals surface area contributed by atoms with Crippen molar-refractivity contribution in [1.82, 2.24) is 5.32 Å². The van der Waals surface area contributed by atoms with E-state index in [0.717, 1.165) is 30.5 Å². The topological polar surface area (TPSA) is 52.6 Å². The Hall–Kier alpha value is -2.33. The molecule has 0 bridgehead atoms. The van der Waals surface area contributed by atoms with Gasteiger partial charge < -0.3 is 15.3 Å². The fourth-order valence-corrected chi connectivity index (χ4v) is 3.52. The average Bonchev–Trinajstić information content (AvgIpc) is 2.60. The number of hydrogen-bond donors (Lipinski definition) is 2. The maximum atomic E-state index is 12.6. The summed E-state index contributed by atoms with van der Waals surface area (Å²) in [6, 6.07) is 18.4. The van der Waals surface area contributed by atoms with E-state index in [2.05, 4.69) is 17.4 Å². The molecule has 4 nitrogen and oxygen atoms in total. The van der Waals surface area contributed by atoms with Gasteiger partial charge in [0.25, 0.3) is 0 Å². The minimum atomic E-state index is -0.214. The summed E-state index contributed by atoms with van der Waals surface area (Å²) in [5.41, 5.74) is 3.36. The highest BCUT2D eigenvalue weighted by atomic mass is 16.3. The number of nitrogens with one attached hydrogen (secondary N) is 1. The van der Waals surface area contributed by atoms with E-state index >= 15 is 0 Å². The Morgan fingerprint density at radius 3 is 2.31 bits per heavy atom. The molecule has 1 amide bonds. The summed E-state index contributed by atoms with van der Waals surface area (Å²) in [6.45, 7) is 0. The molecular formula is C22H28N2O2. The smallest absolute Gasteiger partial charge is 0.224 e. The van der Waals surface area contributed by atoms with Gasteiger partial charge in [-0.2, -0.15) is 0 Å². The first-order valence-corrected chi connectivity index (χ1v) is 9.29. The minimum absolute atomic E-state index is 0.0462. The second-order valence-corrected chi connectivity index (χ2v) is 7.49. The lowest BCUT2D eigenvalue weighted by Crippen LogP contribution is -2.48. The second-order valence-electron chi connectivity index (χ2n) is 7.49. The predicted molar refractivity (Wildman–Crippen MR) is 105 cm³/mol. The molecule has 26 heavy (non-hydrogen) atoms. The molecule has 0 saturated heterocycles. The Morgan fingerprint density at radius 1 is 1.08 bits per heavy atom. The van der Waals surface area contributed by atoms with E-state index in [1.807, 2.05) is 61.5 Å². The molecule has 2 aromatic carbocycles. The van der Waals surface area contributed by atoms with Crippen molar-refractivity contribution in [3.8, 4) is 0 Å². The fourth-order valence-electron chi connectivity index (χ4n) is 3.52. The third-order valence-corrected chi connectivity index (χ3v) is 5.18. The van der Waals surface area contributed by atoms with Gasteiger partial charge in [0, 0.05) is 25.8 Å². The normalized spacial score (nSPS) is 20.1. The molecule has 1 saturated carbocycles. The van der Waals surface area contributed by atoms with Gasteiger partial charge in [-0.25, -0.2) is 0 Å². The quantitative estimate of drug-likeness (QED) is 0.806. The first-order valence-electron chi connectivity index (χ1n) is 9.29. The molecule has 1 fully saturated rings. The van der Waals surface area contributed by atoms with Gasteiger partial charge in [-0.15, -0.1) is 0 Å². The lowest BCUT2D eigenvalue weighted by Gasteiger charge is -2.38. The van der Waals surface area contributed by atoms with Gasteiger partial charge in [-0.05, 0) is 48.4 Å². The average molecular weight is 352 g/mol. The van der Waals surface area contributed by atoms with E-state index in [1.165, 1.54) is 5.56 Å². The summed E-state index contributed by atoms with van der Waals surface area (Å²) in [5, 5.41) is 12.9. The monoisotopic (exact) mass is 352 g/mol. The molecule has 1 atom stereocenters. The standard InChI is InChI=1S/C22H28N2O2/c1-24(2)19-10-8-17(9-11-19)13-22(26)23-21(18-14-20(25)15-18)12-16-6-4-3-5-7-16/h3-11,18,20-21,25H,12-15H2,1-2H3,(H,23,26)/t18?,20?,21-/m0/s1. The third-order valence-electron chi connectivity index (χ3n) is 5.18. The number of aliphatic hydroxyl groups excluding tert-OH is 1. The van der Waals surface area contributed by atoms with Crippen LogP contribution in [0.4, 0.5) is 5.69 Å². The predicted octanol–water partition coefficient (Wildman–Crippen LogP) is 2.79. The zero-order valence-electron chi connectivity index (χ0n) is 15.6. The van der Waals surface area contributed by atoms with Crippen LogP contribution >= 0.6 is 0 Å². The molecule has 4 heteroatoms. The van der Waals surface area contributed by atoms with Crippen LogP contribution in [0.3, 0.4) is 0 Å². The van der Waals surface area contributed by atoms with E-state index < -0.39 is 0 Å². The Bertz CT molecular complexity index is 707. The lowest BCUT2D eigenvalue weighted by atomic mass is 9.75. The van der Waals surface area contributed by atoms with Crippen LogP contribution in [0.25, 0.3) is 0 Å². The molecule has 0 unspecified atom stereocenters. The molecule has 1 aliphatic carbocycles. The summed E-state index contributed by atoms with van der Waals surface area (Å²) < 4.78 is 0. The van der Waals surface area contributed by atoms with Crippen molar-refractivity contribution < 1.29 is 9.90 Å². The maximum Gasteiger partial charge on any atom is 0.224 e. The van der Waals surface area contributed by atoms with Gasteiger partial charge in [0.2, 0.25) is 5.91 Å². The zero-order valence-corrected chi connectivity index (χ0v) is 15.6. The van der Waals surface area contributed by atoms with E-state index in [1.54, 1.807) is 0 Å². The number of anilines is 1. The summed E-state index contributed by atoms with van der Waals surface area (Å²) >= 11 is 0. The number of amides is 1. The van der Waals surface area contributed by atoms with Crippen LogP contribution in [-0.2, 0) is 17.6 Å². The van der Waals surface area contributed by atoms with Crippen LogP contribution in [0.1, 0.15) is 24.0 Å². The number of carbonyl (C=O) groups excluding carboxylic acids is 1. The van der Waals surface area contributed by atoms with E-state index in [0.29, 0.717) is 12.3 Å². The molecule has 1 aliphatic rings. The van der Waals surface area contributed by atoms with Gasteiger partial charge in [0.05, 0.1) is 12.5 Å². The molecule has 0 heterocycles. The van der Waals surface area contributed by atoms with Crippen molar-refractivity contribution in [2.45, 2.75) is 37.8 Å². The highest BCUT2D eigenvalue weighted by Gasteiger charge is 2.34. The van der Waals surface area contributed by atoms with Crippen LogP contribution in [0.5, 0.6) is 0 Å². The minimum Gasteiger partial charge on any atom is -0.393 e. The third kappa shape index (κ3) is 4.85. The number of hydrogen-bond acceptors (Lipinski definition) is 3. The van der Waals surface area contributed by atoms with Gasteiger partial charge in [-0.3, -0.25) is 4.79 Å². The Morgan fingerprint density at radius 2 is 1.73 bits per heavy atom. The molecule has 2 aromatic rings. The van der Waals surface area contributed by atoms with Crippen LogP contribution in [0.2, 0.25) is 0 Å². The van der Waals surface area contributed by atoms with Gasteiger partial charge in [-0.1, -0.05) is 42.5 Å². The first kappa shape index (κ1) is 18.5. The van der Waals surface area contributed by atoms with Crippen molar-refractivity contribution in [2.24, 2.45) is 5.92 Å². The van der Waals surface area contributed by atoms with Crippen LogP contribution in [0.15, 0.2) is 54.6 Å². The number of carbonyl (C=O) groups is 1. The summed E-state index contributed by atoms with van der Waals surface area (Å²) in [6.07, 6.45) is 2.52. The van der Waals surface area contributed by atoms with Gasteiger partial charge in [0.1, 0.15) is 0 Å². The SMILES string of the molecule is CN(C)c1ccc(CC(=O)N[C@@H](Cc2ccccc2)C2CC(O)C2)cc1. The van der Waals surface area contributed by atoms with Gasteiger partial charge in [0.15, 0.2) is 0 Å². The summed E-state index contributed by atoms with van der Waals surface area (Å²) in [7, 11) is 4.01. The fraction of sp³-hybridized carbons (Fsp3) is 0.409. The Labute approximate surface area is 155 Å². The first-order chi connectivity index (χ1) is 12.5. The number of benzene rings is 2. The molecule has 3 rings (SSSR count). The largest absolute Gasteiger partial charge is 0.393 e. The van der Waals surface area contributed by atoms with Crippen molar-refractivity contribution in [3.63, 3.8) is 0 Å². The van der Waals surface area contributed by atoms with Crippen LogP contribution in [-0.4, -0.2) is 37.3 Å². The summed E-state index contributed by atoms with van der Waals surface area (Å²) in [4.78, 5) is 14.6. The van der Waals surface area contributed by atoms with Gasteiger partial charge >= 0.3 is 0 Å². The maximum absolute atomic E-state index is 12.6. The van der Waals surface area contributed by atoms with Crippen molar-refractivity contribution in [1.29, 1.82) is 0 Å². The molecule has 0 aliphatic heterocycles. The van der Waals surface area contributed by atoms with Crippen molar-refractivity contribution in [2.75, 3.05) is 19.0 Å². The lowest BCUT2D eigenvalue weighted by molar-refractivity contribution is -0.122. The zero-order chi connectivity index (χ0) is 18.5. The van der Waals surface area contributed by atoms with Crippen molar-refractivity contribution in [3.05, 3.63) is 65.7 Å². The van der Waals surface area contributed by atoms with Crippen LogP contribution < -0.4 is 10.2 Å². The summed E-state index contributed by atoms with van der Waals surface area (Å²) in [5.74, 6) is 0.398. The molecule has 138 valence electrons. The Kier molecular flexibility index (Phi) is 5.94. The molecule has 0 spiro atoms. The highest BCUT2D eigenvalue weighted by Crippen LogP contribution is 2.31. The van der Waals surface area contributed by atoms with Crippen LogP contribution in [0, 0.1) is 5.92 Å². The Balaban J connectivity index is 1.61. The van der Waals surface area contributed by atoms with E-state index in [4.69, 9.17) is 0 Å². The number of nitrogens with zero attached hydrogens (tertiary/aromatic N) is 1. The number of rotatable bonds is 7. The number of aliphatic hydroxyl groups is 1. The molecule has 0 aromatic heterocycles.